The Balaban J connectivity index is 1.66. The first-order chi connectivity index (χ1) is 13.2. The Morgan fingerprint density at radius 1 is 1.04 bits per heavy atom. The van der Waals surface area contributed by atoms with Crippen molar-refractivity contribution in [2.45, 2.75) is 12.6 Å². The molecule has 0 aliphatic rings. The van der Waals surface area contributed by atoms with Gasteiger partial charge in [0.15, 0.2) is 0 Å². The average Bonchev–Trinajstić information content (AvgIpc) is 3.22. The lowest BCUT2D eigenvalue weighted by Gasteiger charge is -2.19. The molecule has 27 heavy (non-hydrogen) atoms. The van der Waals surface area contributed by atoms with Gasteiger partial charge >= 0.3 is 0 Å². The zero-order chi connectivity index (χ0) is 18.6. The molecule has 0 fully saturated rings. The minimum Gasteiger partial charge on any atom is -0.343 e. The number of pyridine rings is 1. The lowest BCUT2D eigenvalue weighted by Crippen LogP contribution is -2.36. The van der Waals surface area contributed by atoms with E-state index in [0.717, 1.165) is 5.56 Å². The number of fused-ring (bicyclic) bond motifs is 1. The first-order valence-corrected chi connectivity index (χ1v) is 8.52. The van der Waals surface area contributed by atoms with E-state index in [2.05, 4.69) is 15.4 Å². The number of benzene rings is 1. The van der Waals surface area contributed by atoms with E-state index in [4.69, 9.17) is 0 Å². The van der Waals surface area contributed by atoms with Crippen molar-refractivity contribution >= 4 is 11.6 Å². The van der Waals surface area contributed by atoms with Crippen molar-refractivity contribution in [3.8, 4) is 0 Å². The third-order valence-corrected chi connectivity index (χ3v) is 4.29. The summed E-state index contributed by atoms with van der Waals surface area (Å²) in [5, 5.41) is 7.15. The number of rotatable bonds is 5. The van der Waals surface area contributed by atoms with Gasteiger partial charge in [-0.15, -0.1) is 0 Å². The van der Waals surface area contributed by atoms with Crippen molar-refractivity contribution in [2.75, 3.05) is 0 Å². The summed E-state index contributed by atoms with van der Waals surface area (Å²) in [7, 11) is 0. The summed E-state index contributed by atoms with van der Waals surface area (Å²) in [5.41, 5.74) is 1.02. The van der Waals surface area contributed by atoms with Gasteiger partial charge in [0.1, 0.15) is 11.2 Å². The molecule has 4 rings (SSSR count). The van der Waals surface area contributed by atoms with E-state index in [1.54, 1.807) is 35.3 Å². The number of nitrogens with one attached hydrogen (secondary N) is 1. The number of hydrogen-bond donors (Lipinski definition) is 1. The summed E-state index contributed by atoms with van der Waals surface area (Å²) < 4.78 is 3.10. The Hall–Kier alpha value is -3.74. The van der Waals surface area contributed by atoms with Gasteiger partial charge in [-0.1, -0.05) is 36.4 Å². The van der Waals surface area contributed by atoms with Gasteiger partial charge in [-0.05, 0) is 23.8 Å². The van der Waals surface area contributed by atoms with Crippen molar-refractivity contribution < 1.29 is 4.79 Å². The highest BCUT2D eigenvalue weighted by molar-refractivity contribution is 5.94. The van der Waals surface area contributed by atoms with E-state index >= 15 is 0 Å². The monoisotopic (exact) mass is 359 g/mol. The molecule has 1 atom stereocenters. The van der Waals surface area contributed by atoms with Crippen molar-refractivity contribution in [1.29, 1.82) is 0 Å². The molecule has 0 saturated carbocycles. The lowest BCUT2D eigenvalue weighted by atomic mass is 10.1. The zero-order valence-electron chi connectivity index (χ0n) is 14.4. The quantitative estimate of drug-likeness (QED) is 0.591. The number of nitrogens with zero attached hydrogens (tertiary/aromatic N) is 4. The van der Waals surface area contributed by atoms with Crippen LogP contribution in [0.3, 0.4) is 0 Å². The van der Waals surface area contributed by atoms with Gasteiger partial charge in [0.2, 0.25) is 0 Å². The third-order valence-electron chi connectivity index (χ3n) is 4.29. The lowest BCUT2D eigenvalue weighted by molar-refractivity contribution is 0.0929. The standard InChI is InChI=1S/C20H17N5O2/c26-19(16-13-21-18-9-4-5-12-25(18)20(16)27)23-17(14-24-11-6-10-22-24)15-7-2-1-3-8-15/h1-13,17H,14H2,(H,23,26). The van der Waals surface area contributed by atoms with Crippen molar-refractivity contribution in [3.63, 3.8) is 0 Å². The van der Waals surface area contributed by atoms with E-state index in [0.29, 0.717) is 12.2 Å². The maximum atomic E-state index is 12.8. The smallest absolute Gasteiger partial charge is 0.270 e. The van der Waals surface area contributed by atoms with Crippen LogP contribution in [0.25, 0.3) is 5.65 Å². The van der Waals surface area contributed by atoms with Gasteiger partial charge in [-0.2, -0.15) is 5.10 Å². The molecule has 0 bridgehead atoms. The highest BCUT2D eigenvalue weighted by Gasteiger charge is 2.19. The van der Waals surface area contributed by atoms with Gasteiger partial charge in [0.25, 0.3) is 11.5 Å². The van der Waals surface area contributed by atoms with Gasteiger partial charge < -0.3 is 5.32 Å². The molecule has 0 saturated heterocycles. The molecule has 0 spiro atoms. The number of aromatic nitrogens is 4. The van der Waals surface area contributed by atoms with Crippen LogP contribution in [0.15, 0.2) is 84.2 Å². The molecule has 1 N–H and O–H groups in total. The Kier molecular flexibility index (Phi) is 4.49. The summed E-state index contributed by atoms with van der Waals surface area (Å²) in [6, 6.07) is 16.3. The summed E-state index contributed by atoms with van der Waals surface area (Å²) in [5.74, 6) is -0.466. The fourth-order valence-electron chi connectivity index (χ4n) is 2.93. The predicted octanol–water partition coefficient (Wildman–Crippen LogP) is 2.06. The molecule has 1 amide bonds. The van der Waals surface area contributed by atoms with Crippen LogP contribution in [0.4, 0.5) is 0 Å². The average molecular weight is 359 g/mol. The van der Waals surface area contributed by atoms with Crippen LogP contribution >= 0.6 is 0 Å². The highest BCUT2D eigenvalue weighted by atomic mass is 16.2. The van der Waals surface area contributed by atoms with Crippen LogP contribution < -0.4 is 10.9 Å². The number of carbonyl (C=O) groups is 1. The van der Waals surface area contributed by atoms with E-state index in [1.807, 2.05) is 42.6 Å². The maximum absolute atomic E-state index is 12.8. The number of amides is 1. The zero-order valence-corrected chi connectivity index (χ0v) is 14.4. The molecule has 7 nitrogen and oxygen atoms in total. The maximum Gasteiger partial charge on any atom is 0.270 e. The van der Waals surface area contributed by atoms with Gasteiger partial charge in [0, 0.05) is 24.8 Å². The fraction of sp³-hybridized carbons (Fsp3) is 0.100. The first kappa shape index (κ1) is 16.7. The predicted molar refractivity (Wildman–Crippen MR) is 100 cm³/mol. The topological polar surface area (TPSA) is 81.3 Å². The molecular weight excluding hydrogens is 342 g/mol. The Bertz CT molecular complexity index is 1120. The van der Waals surface area contributed by atoms with E-state index in [-0.39, 0.29) is 11.6 Å². The third kappa shape index (κ3) is 3.48. The SMILES string of the molecule is O=C(NC(Cn1cccn1)c1ccccc1)c1cnc2ccccn2c1=O. The van der Waals surface area contributed by atoms with Crippen LogP contribution in [0.2, 0.25) is 0 Å². The molecule has 1 aromatic carbocycles. The normalized spacial score (nSPS) is 12.0. The van der Waals surface area contributed by atoms with Gasteiger partial charge in [-0.25, -0.2) is 4.98 Å². The van der Waals surface area contributed by atoms with Crippen LogP contribution in [-0.4, -0.2) is 25.1 Å². The van der Waals surface area contributed by atoms with Gasteiger partial charge in [-0.3, -0.25) is 18.7 Å². The van der Waals surface area contributed by atoms with Crippen LogP contribution in [0, 0.1) is 0 Å². The summed E-state index contributed by atoms with van der Waals surface area (Å²) in [4.78, 5) is 29.7. The number of carbonyl (C=O) groups excluding carboxylic acids is 1. The van der Waals surface area contributed by atoms with Crippen LogP contribution in [-0.2, 0) is 6.54 Å². The molecule has 1 unspecified atom stereocenters. The molecule has 4 aromatic rings. The van der Waals surface area contributed by atoms with E-state index in [9.17, 15) is 9.59 Å². The molecule has 0 radical (unpaired) electrons. The van der Waals surface area contributed by atoms with Crippen molar-refractivity contribution in [2.24, 2.45) is 0 Å². The van der Waals surface area contributed by atoms with E-state index in [1.165, 1.54) is 10.6 Å². The van der Waals surface area contributed by atoms with E-state index < -0.39 is 11.5 Å². The fourth-order valence-corrected chi connectivity index (χ4v) is 2.93. The molecule has 0 aliphatic carbocycles. The first-order valence-electron chi connectivity index (χ1n) is 8.52. The van der Waals surface area contributed by atoms with Crippen molar-refractivity contribution in [1.82, 2.24) is 24.5 Å². The summed E-state index contributed by atoms with van der Waals surface area (Å²) in [6.07, 6.45) is 6.43. The Morgan fingerprint density at radius 2 is 1.85 bits per heavy atom. The second-order valence-corrected chi connectivity index (χ2v) is 6.07. The van der Waals surface area contributed by atoms with Crippen molar-refractivity contribution in [3.05, 3.63) is 101 Å². The Labute approximate surface area is 154 Å². The van der Waals surface area contributed by atoms with Gasteiger partial charge in [0.05, 0.1) is 12.6 Å². The minimum absolute atomic E-state index is 0.0000893. The molecule has 3 heterocycles. The molecule has 0 aliphatic heterocycles. The second-order valence-electron chi connectivity index (χ2n) is 6.07. The van der Waals surface area contributed by atoms with Crippen LogP contribution in [0.1, 0.15) is 22.0 Å². The molecular formula is C20H17N5O2. The largest absolute Gasteiger partial charge is 0.343 e. The Morgan fingerprint density at radius 3 is 2.63 bits per heavy atom. The summed E-state index contributed by atoms with van der Waals surface area (Å²) in [6.45, 7) is 0.450. The molecule has 3 aromatic heterocycles. The minimum atomic E-state index is -0.466. The molecule has 7 heteroatoms. The summed E-state index contributed by atoms with van der Waals surface area (Å²) >= 11 is 0. The molecule has 134 valence electrons. The highest BCUT2D eigenvalue weighted by Crippen LogP contribution is 2.15. The van der Waals surface area contributed by atoms with Crippen LogP contribution in [0.5, 0.6) is 0 Å². The second kappa shape index (κ2) is 7.25. The number of hydrogen-bond acceptors (Lipinski definition) is 4.